The minimum Gasteiger partial charge on any atom is -0.465 e. The smallest absolute Gasteiger partial charge is 0.459 e. The van der Waals surface area contributed by atoms with Crippen molar-refractivity contribution in [1.29, 1.82) is 0 Å². The van der Waals surface area contributed by atoms with Gasteiger partial charge < -0.3 is 29.7 Å². The fourth-order valence-corrected chi connectivity index (χ4v) is 5.65. The average Bonchev–Trinajstić information content (AvgIpc) is 3.45. The monoisotopic (exact) mass is 591 g/mol. The Balaban J connectivity index is 1.61. The maximum Gasteiger partial charge on any atom is 0.459 e. The molecule has 0 saturated carbocycles. The summed E-state index contributed by atoms with van der Waals surface area (Å²) >= 11 is 0. The van der Waals surface area contributed by atoms with E-state index in [1.54, 1.807) is 44.1 Å². The first-order valence-electron chi connectivity index (χ1n) is 12.5. The van der Waals surface area contributed by atoms with Crippen molar-refractivity contribution in [2.45, 2.75) is 44.0 Å². The molecule has 4 N–H and O–H groups in total. The number of nitrogens with zero attached hydrogens (tertiary/aromatic N) is 5. The zero-order chi connectivity index (χ0) is 29.9. The second kappa shape index (κ2) is 12.0. The number of alkyl halides is 1. The normalized spacial score (nSPS) is 24.4. The Labute approximate surface area is 235 Å². The number of hydrogen-bond donors (Lipinski definition) is 3. The molecule has 14 nitrogen and oxygen atoms in total. The highest BCUT2D eigenvalue weighted by atomic mass is 31.2. The number of hydrogen-bond acceptors (Lipinski definition) is 12. The van der Waals surface area contributed by atoms with Crippen LogP contribution in [0.5, 0.6) is 5.75 Å². The predicted molar refractivity (Wildman–Crippen MR) is 147 cm³/mol. The van der Waals surface area contributed by atoms with Crippen molar-refractivity contribution in [2.75, 3.05) is 37.9 Å². The predicted octanol–water partition coefficient (Wildman–Crippen LogP) is 1.82. The van der Waals surface area contributed by atoms with E-state index in [-0.39, 0.29) is 24.0 Å². The lowest BCUT2D eigenvalue weighted by atomic mass is 9.97. The second-order valence-corrected chi connectivity index (χ2v) is 11.0. The molecule has 6 atom stereocenters. The van der Waals surface area contributed by atoms with Gasteiger partial charge in [0.25, 0.3) is 0 Å². The first kappa shape index (κ1) is 30.2. The van der Waals surface area contributed by atoms with Gasteiger partial charge >= 0.3 is 13.7 Å². The first-order chi connectivity index (χ1) is 19.4. The van der Waals surface area contributed by atoms with Crippen LogP contribution in [0.15, 0.2) is 36.7 Å². The number of imidazole rings is 1. The van der Waals surface area contributed by atoms with Crippen molar-refractivity contribution in [1.82, 2.24) is 24.6 Å². The van der Waals surface area contributed by atoms with Gasteiger partial charge in [0.15, 0.2) is 23.2 Å². The summed E-state index contributed by atoms with van der Waals surface area (Å²) in [5.74, 6) is 1.69. The van der Waals surface area contributed by atoms with Crippen LogP contribution in [0.3, 0.4) is 0 Å². The van der Waals surface area contributed by atoms with Gasteiger partial charge in [-0.15, -0.1) is 6.42 Å². The minimum absolute atomic E-state index is 0.0965. The molecule has 0 amide bonds. The zero-order valence-electron chi connectivity index (χ0n) is 22.8. The summed E-state index contributed by atoms with van der Waals surface area (Å²) in [6.45, 7) is 2.48. The van der Waals surface area contributed by atoms with E-state index in [1.807, 2.05) is 5.92 Å². The average molecular weight is 592 g/mol. The molecule has 0 unspecified atom stereocenters. The molecule has 3 aromatic rings. The molecule has 0 radical (unpaired) electrons. The number of nitrogens with one attached hydrogen (secondary N) is 1. The van der Waals surface area contributed by atoms with Crippen molar-refractivity contribution in [3.05, 3.63) is 36.7 Å². The van der Waals surface area contributed by atoms with Gasteiger partial charge in [0.05, 0.1) is 19.5 Å². The van der Waals surface area contributed by atoms with E-state index in [0.717, 1.165) is 0 Å². The highest BCUT2D eigenvalue weighted by molar-refractivity contribution is 7.52. The van der Waals surface area contributed by atoms with Crippen LogP contribution in [-0.2, 0) is 23.4 Å². The molecule has 0 spiro atoms. The number of ether oxygens (including phenoxy) is 2. The summed E-state index contributed by atoms with van der Waals surface area (Å²) in [5, 5.41) is 13.4. The lowest BCUT2D eigenvalue weighted by molar-refractivity contribution is -0.144. The molecule has 1 saturated heterocycles. The minimum atomic E-state index is -4.33. The van der Waals surface area contributed by atoms with E-state index in [4.69, 9.17) is 30.7 Å². The van der Waals surface area contributed by atoms with E-state index >= 15 is 4.39 Å². The van der Waals surface area contributed by atoms with Crippen LogP contribution in [0.1, 0.15) is 20.1 Å². The summed E-state index contributed by atoms with van der Waals surface area (Å²) in [5.41, 5.74) is 3.48. The summed E-state index contributed by atoms with van der Waals surface area (Å²) in [7, 11) is -0.887. The van der Waals surface area contributed by atoms with Crippen molar-refractivity contribution in [3.8, 4) is 18.1 Å². The van der Waals surface area contributed by atoms with Crippen molar-refractivity contribution in [2.24, 2.45) is 0 Å². The maximum absolute atomic E-state index is 16.2. The molecule has 16 heteroatoms. The topological polar surface area (TPSA) is 176 Å². The molecule has 1 aliphatic heterocycles. The number of nitrogens with two attached hydrogens (primary N) is 1. The summed E-state index contributed by atoms with van der Waals surface area (Å²) in [6.07, 6.45) is 1.79. The molecule has 0 aliphatic carbocycles. The number of fused-ring (bicyclic) bond motifs is 1. The number of aromatic nitrogens is 4. The third-order valence-corrected chi connectivity index (χ3v) is 7.78. The van der Waals surface area contributed by atoms with E-state index in [1.165, 1.54) is 30.0 Å². The van der Waals surface area contributed by atoms with Crippen LogP contribution in [0.2, 0.25) is 0 Å². The molecular formula is C25H31FN7O7P. The van der Waals surface area contributed by atoms with E-state index in [0.29, 0.717) is 11.3 Å². The maximum atomic E-state index is 16.2. The van der Waals surface area contributed by atoms with Crippen LogP contribution in [-0.4, -0.2) is 81.8 Å². The Morgan fingerprint density at radius 3 is 2.73 bits per heavy atom. The SMILES string of the molecule is C#C[C@@]1(F)[C@H](O)[C@@H](CO[P@@](=O)(N[C@H](C)C(=O)OCC)Oc2ccccc2)O[C@H]1n1cnc2c(N(C)C)nc(N)nc21. The number of anilines is 2. The van der Waals surface area contributed by atoms with Gasteiger partial charge in [-0.25, -0.2) is 13.9 Å². The Morgan fingerprint density at radius 2 is 2.10 bits per heavy atom. The molecule has 0 bridgehead atoms. The van der Waals surface area contributed by atoms with Gasteiger partial charge in [-0.3, -0.25) is 13.9 Å². The van der Waals surface area contributed by atoms with Gasteiger partial charge in [-0.2, -0.15) is 15.1 Å². The van der Waals surface area contributed by atoms with Gasteiger partial charge in [-0.1, -0.05) is 24.1 Å². The molecule has 1 aromatic carbocycles. The van der Waals surface area contributed by atoms with Crippen LogP contribution >= 0.6 is 7.75 Å². The van der Waals surface area contributed by atoms with Crippen molar-refractivity contribution in [3.63, 3.8) is 0 Å². The Kier molecular flexibility index (Phi) is 8.81. The van der Waals surface area contributed by atoms with Gasteiger partial charge in [0, 0.05) is 14.1 Å². The molecule has 3 heterocycles. The highest BCUT2D eigenvalue weighted by Crippen LogP contribution is 2.48. The Hall–Kier alpha value is -3.80. The van der Waals surface area contributed by atoms with Crippen LogP contribution in [0.4, 0.5) is 16.2 Å². The number of carbonyl (C=O) groups excluding carboxylic acids is 1. The summed E-state index contributed by atoms with van der Waals surface area (Å²) < 4.78 is 53.0. The zero-order valence-corrected chi connectivity index (χ0v) is 23.7. The van der Waals surface area contributed by atoms with Crippen LogP contribution in [0.25, 0.3) is 11.2 Å². The molecule has 220 valence electrons. The number of carbonyl (C=O) groups is 1. The molecule has 1 aliphatic rings. The number of halogens is 1. The largest absolute Gasteiger partial charge is 0.465 e. The fraction of sp³-hybridized carbons (Fsp3) is 0.440. The van der Waals surface area contributed by atoms with E-state index in [2.05, 4.69) is 20.0 Å². The quantitative estimate of drug-likeness (QED) is 0.167. The van der Waals surface area contributed by atoms with Gasteiger partial charge in [0.1, 0.15) is 24.0 Å². The number of esters is 1. The molecule has 1 fully saturated rings. The van der Waals surface area contributed by atoms with E-state index in [9.17, 15) is 14.5 Å². The molecule has 2 aromatic heterocycles. The van der Waals surface area contributed by atoms with Gasteiger partial charge in [-0.05, 0) is 26.0 Å². The highest BCUT2D eigenvalue weighted by Gasteiger charge is 2.58. The third-order valence-electron chi connectivity index (χ3n) is 6.13. The molecular weight excluding hydrogens is 560 g/mol. The standard InChI is InChI=1S/C25H31FN7O7P/c1-6-25(26)19(34)17(39-23(25)33-14-28-18-20(32(4)5)29-24(27)30-21(18)33)13-38-41(36,31-15(3)22(35)37-7-2)40-16-11-9-8-10-12-16/h1,8-12,14-15,17,19,23,34H,7,13H2,2-5H3,(H,31,36)(H2,27,29,30)/t15-,17-,19-,23-,25-,41+/m1/s1. The van der Waals surface area contributed by atoms with Crippen molar-refractivity contribution < 1.29 is 37.4 Å². The number of terminal acetylenes is 1. The second-order valence-electron chi connectivity index (χ2n) is 9.31. The fourth-order valence-electron chi connectivity index (χ4n) is 4.15. The molecule has 4 rings (SSSR count). The summed E-state index contributed by atoms with van der Waals surface area (Å²) in [4.78, 5) is 26.4. The lowest BCUT2D eigenvalue weighted by Gasteiger charge is -2.25. The number of aliphatic hydroxyl groups excluding tert-OH is 1. The van der Waals surface area contributed by atoms with Crippen LogP contribution < -0.4 is 20.2 Å². The van der Waals surface area contributed by atoms with E-state index < -0.39 is 50.5 Å². The number of rotatable bonds is 11. The lowest BCUT2D eigenvalue weighted by Crippen LogP contribution is -2.42. The Morgan fingerprint density at radius 1 is 1.39 bits per heavy atom. The Bertz CT molecular complexity index is 1480. The third kappa shape index (κ3) is 6.12. The van der Waals surface area contributed by atoms with Gasteiger partial charge in [0.2, 0.25) is 11.6 Å². The number of para-hydroxylation sites is 1. The van der Waals surface area contributed by atoms with Crippen LogP contribution in [0, 0.1) is 12.3 Å². The number of nitrogen functional groups attached to an aromatic ring is 1. The summed E-state index contributed by atoms with van der Waals surface area (Å²) in [6, 6.07) is 6.94. The van der Waals surface area contributed by atoms with Crippen molar-refractivity contribution >= 4 is 36.6 Å². The number of aliphatic hydroxyl groups is 1. The molecule has 41 heavy (non-hydrogen) atoms. The first-order valence-corrected chi connectivity index (χ1v) is 14.1. The number of benzene rings is 1.